The first-order chi connectivity index (χ1) is 9.24. The minimum atomic E-state index is -0.240. The van der Waals surface area contributed by atoms with Crippen LogP contribution < -0.4 is 14.8 Å². The van der Waals surface area contributed by atoms with Gasteiger partial charge in [-0.1, -0.05) is 0 Å². The zero-order chi connectivity index (χ0) is 13.7. The van der Waals surface area contributed by atoms with Crippen molar-refractivity contribution in [3.8, 4) is 11.5 Å². The van der Waals surface area contributed by atoms with Crippen molar-refractivity contribution >= 4 is 6.03 Å². The monoisotopic (exact) mass is 261 g/mol. The number of ether oxygens (including phenoxy) is 2. The van der Waals surface area contributed by atoms with Gasteiger partial charge in [-0.25, -0.2) is 9.78 Å². The summed E-state index contributed by atoms with van der Waals surface area (Å²) < 4.78 is 11.7. The fourth-order valence-electron chi connectivity index (χ4n) is 1.64. The number of hydrogen-bond acceptors (Lipinski definition) is 4. The predicted molar refractivity (Wildman–Crippen MR) is 69.4 cm³/mol. The lowest BCUT2D eigenvalue weighted by molar-refractivity contribution is 0.242. The SMILES string of the molecule is COc1ccc(CNC(=O)n2ccnc2)c(OC)c1. The van der Waals surface area contributed by atoms with Gasteiger partial charge in [0.25, 0.3) is 0 Å². The van der Waals surface area contributed by atoms with Gasteiger partial charge >= 0.3 is 6.03 Å². The Labute approximate surface area is 111 Å². The normalized spacial score (nSPS) is 10.0. The smallest absolute Gasteiger partial charge is 0.327 e. The molecule has 1 aromatic heterocycles. The molecule has 0 aliphatic rings. The first-order valence-corrected chi connectivity index (χ1v) is 5.71. The van der Waals surface area contributed by atoms with Gasteiger partial charge in [0, 0.05) is 30.6 Å². The van der Waals surface area contributed by atoms with E-state index in [4.69, 9.17) is 9.47 Å². The molecule has 0 saturated heterocycles. The number of nitrogens with zero attached hydrogens (tertiary/aromatic N) is 2. The molecule has 0 radical (unpaired) electrons. The topological polar surface area (TPSA) is 65.4 Å². The second-order valence-electron chi connectivity index (χ2n) is 3.81. The summed E-state index contributed by atoms with van der Waals surface area (Å²) in [5.74, 6) is 1.38. The third-order valence-electron chi connectivity index (χ3n) is 2.66. The number of aromatic nitrogens is 2. The third kappa shape index (κ3) is 3.04. The Morgan fingerprint density at radius 1 is 1.37 bits per heavy atom. The van der Waals surface area contributed by atoms with Crippen molar-refractivity contribution in [2.24, 2.45) is 0 Å². The highest BCUT2D eigenvalue weighted by Gasteiger charge is 2.07. The molecule has 0 bridgehead atoms. The van der Waals surface area contributed by atoms with E-state index in [1.54, 1.807) is 32.7 Å². The van der Waals surface area contributed by atoms with Crippen LogP contribution in [0.15, 0.2) is 36.9 Å². The minimum absolute atomic E-state index is 0.240. The van der Waals surface area contributed by atoms with E-state index in [9.17, 15) is 4.79 Å². The second kappa shape index (κ2) is 5.90. The van der Waals surface area contributed by atoms with Crippen LogP contribution in [0.2, 0.25) is 0 Å². The summed E-state index contributed by atoms with van der Waals surface area (Å²) in [5.41, 5.74) is 0.872. The molecule has 0 aliphatic carbocycles. The number of methoxy groups -OCH3 is 2. The number of amides is 1. The third-order valence-corrected chi connectivity index (χ3v) is 2.66. The second-order valence-corrected chi connectivity index (χ2v) is 3.81. The van der Waals surface area contributed by atoms with Crippen molar-refractivity contribution in [2.75, 3.05) is 14.2 Å². The van der Waals surface area contributed by atoms with Gasteiger partial charge in [-0.15, -0.1) is 0 Å². The van der Waals surface area contributed by atoms with Crippen molar-refractivity contribution in [3.05, 3.63) is 42.5 Å². The summed E-state index contributed by atoms with van der Waals surface area (Å²) >= 11 is 0. The van der Waals surface area contributed by atoms with E-state index in [1.165, 1.54) is 10.9 Å². The highest BCUT2D eigenvalue weighted by Crippen LogP contribution is 2.24. The fraction of sp³-hybridized carbons (Fsp3) is 0.231. The van der Waals surface area contributed by atoms with Crippen LogP contribution in [0.5, 0.6) is 11.5 Å². The summed E-state index contributed by atoms with van der Waals surface area (Å²) in [5, 5.41) is 2.78. The molecule has 0 atom stereocenters. The van der Waals surface area contributed by atoms with Crippen LogP contribution in [0.1, 0.15) is 5.56 Å². The van der Waals surface area contributed by atoms with Gasteiger partial charge in [-0.3, -0.25) is 4.57 Å². The Balaban J connectivity index is 2.05. The molecule has 19 heavy (non-hydrogen) atoms. The molecule has 1 heterocycles. The van der Waals surface area contributed by atoms with Crippen molar-refractivity contribution in [1.29, 1.82) is 0 Å². The van der Waals surface area contributed by atoms with Crippen molar-refractivity contribution < 1.29 is 14.3 Å². The molecule has 0 aliphatic heterocycles. The number of hydrogen-bond donors (Lipinski definition) is 1. The zero-order valence-electron chi connectivity index (χ0n) is 10.8. The Kier molecular flexibility index (Phi) is 4.02. The molecule has 100 valence electrons. The molecular weight excluding hydrogens is 246 g/mol. The van der Waals surface area contributed by atoms with Crippen molar-refractivity contribution in [2.45, 2.75) is 6.54 Å². The number of benzene rings is 1. The Morgan fingerprint density at radius 2 is 2.21 bits per heavy atom. The molecule has 1 amide bonds. The average Bonchev–Trinajstić information content (AvgIpc) is 2.98. The van der Waals surface area contributed by atoms with Crippen molar-refractivity contribution in [3.63, 3.8) is 0 Å². The van der Waals surface area contributed by atoms with Gasteiger partial charge in [-0.05, 0) is 12.1 Å². The molecule has 0 saturated carbocycles. The molecule has 2 aromatic rings. The van der Waals surface area contributed by atoms with Crippen LogP contribution >= 0.6 is 0 Å². The summed E-state index contributed by atoms with van der Waals surface area (Å²) in [4.78, 5) is 15.6. The average molecular weight is 261 g/mol. The van der Waals surface area contributed by atoms with Gasteiger partial charge in [0.15, 0.2) is 0 Å². The quantitative estimate of drug-likeness (QED) is 0.909. The molecule has 0 spiro atoms. The Morgan fingerprint density at radius 3 is 2.84 bits per heavy atom. The molecule has 0 unspecified atom stereocenters. The van der Waals surface area contributed by atoms with Gasteiger partial charge < -0.3 is 14.8 Å². The first-order valence-electron chi connectivity index (χ1n) is 5.71. The maximum Gasteiger partial charge on any atom is 0.327 e. The molecule has 6 heteroatoms. The summed E-state index contributed by atoms with van der Waals surface area (Å²) in [6.45, 7) is 0.365. The van der Waals surface area contributed by atoms with Crippen LogP contribution in [0, 0.1) is 0 Å². The van der Waals surface area contributed by atoms with Crippen LogP contribution in [-0.4, -0.2) is 29.8 Å². The maximum absolute atomic E-state index is 11.7. The number of rotatable bonds is 4. The highest BCUT2D eigenvalue weighted by molar-refractivity contribution is 5.76. The summed E-state index contributed by atoms with van der Waals surface area (Å²) in [6.07, 6.45) is 4.58. The van der Waals surface area contributed by atoms with Gasteiger partial charge in [-0.2, -0.15) is 0 Å². The lowest BCUT2D eigenvalue weighted by Gasteiger charge is -2.11. The van der Waals surface area contributed by atoms with Crippen LogP contribution in [0.3, 0.4) is 0 Å². The molecule has 1 aromatic carbocycles. The van der Waals surface area contributed by atoms with E-state index in [0.717, 1.165) is 5.56 Å². The van der Waals surface area contributed by atoms with Gasteiger partial charge in [0.2, 0.25) is 0 Å². The van der Waals surface area contributed by atoms with E-state index < -0.39 is 0 Å². The first kappa shape index (κ1) is 12.9. The predicted octanol–water partition coefficient (Wildman–Crippen LogP) is 1.66. The fourth-order valence-corrected chi connectivity index (χ4v) is 1.64. The standard InChI is InChI=1S/C13H15N3O3/c1-18-11-4-3-10(12(7-11)19-2)8-15-13(17)16-6-5-14-9-16/h3-7,9H,8H2,1-2H3,(H,15,17). The van der Waals surface area contributed by atoms with Gasteiger partial charge in [0.05, 0.1) is 14.2 Å². The number of nitrogens with one attached hydrogen (secondary N) is 1. The van der Waals surface area contributed by atoms with E-state index in [-0.39, 0.29) is 6.03 Å². The molecular formula is C13H15N3O3. The highest BCUT2D eigenvalue weighted by atomic mass is 16.5. The number of carbonyl (C=O) groups is 1. The summed E-state index contributed by atoms with van der Waals surface area (Å²) in [6, 6.07) is 5.21. The number of carbonyl (C=O) groups excluding carboxylic acids is 1. The van der Waals surface area contributed by atoms with E-state index >= 15 is 0 Å². The van der Waals surface area contributed by atoms with Crippen molar-refractivity contribution in [1.82, 2.24) is 14.9 Å². The molecule has 0 fully saturated rings. The number of imidazole rings is 1. The van der Waals surface area contributed by atoms with Crippen LogP contribution in [-0.2, 0) is 6.54 Å². The van der Waals surface area contributed by atoms with E-state index in [2.05, 4.69) is 10.3 Å². The van der Waals surface area contributed by atoms with E-state index in [1.807, 2.05) is 12.1 Å². The maximum atomic E-state index is 11.7. The van der Waals surface area contributed by atoms with Gasteiger partial charge in [0.1, 0.15) is 17.8 Å². The minimum Gasteiger partial charge on any atom is -0.497 e. The Bertz CT molecular complexity index is 552. The molecule has 2 rings (SSSR count). The molecule has 1 N–H and O–H groups in total. The molecule has 6 nitrogen and oxygen atoms in total. The zero-order valence-corrected chi connectivity index (χ0v) is 10.8. The largest absolute Gasteiger partial charge is 0.497 e. The van der Waals surface area contributed by atoms with E-state index in [0.29, 0.717) is 18.0 Å². The lowest BCUT2D eigenvalue weighted by Crippen LogP contribution is -2.27. The Hall–Kier alpha value is -2.50. The van der Waals surface area contributed by atoms with Crippen LogP contribution in [0.25, 0.3) is 0 Å². The van der Waals surface area contributed by atoms with Crippen LogP contribution in [0.4, 0.5) is 4.79 Å². The summed E-state index contributed by atoms with van der Waals surface area (Å²) in [7, 11) is 3.17. The lowest BCUT2D eigenvalue weighted by atomic mass is 10.2.